The highest BCUT2D eigenvalue weighted by atomic mass is 32.2. The van der Waals surface area contributed by atoms with Crippen LogP contribution in [-0.4, -0.2) is 47.4 Å². The second-order valence-corrected chi connectivity index (χ2v) is 8.33. The number of nitrogens with one attached hydrogen (secondary N) is 1. The smallest absolute Gasteiger partial charge is 0.303 e. The molecule has 0 atom stereocenters. The van der Waals surface area contributed by atoms with Crippen molar-refractivity contribution < 1.29 is 18.3 Å². The Balaban J connectivity index is 2.06. The first kappa shape index (κ1) is 17.7. The van der Waals surface area contributed by atoms with Crippen LogP contribution in [0.4, 0.5) is 5.82 Å². The summed E-state index contributed by atoms with van der Waals surface area (Å²) in [4.78, 5) is 15.0. The maximum Gasteiger partial charge on any atom is 0.303 e. The van der Waals surface area contributed by atoms with Crippen molar-refractivity contribution in [2.45, 2.75) is 50.0 Å². The quantitative estimate of drug-likeness (QED) is 0.786. The first-order chi connectivity index (χ1) is 10.7. The van der Waals surface area contributed by atoms with Gasteiger partial charge < -0.3 is 10.4 Å². The Bertz CT molecular complexity index is 650. The molecule has 0 spiro atoms. The van der Waals surface area contributed by atoms with E-state index in [2.05, 4.69) is 10.3 Å². The van der Waals surface area contributed by atoms with Gasteiger partial charge in [0.2, 0.25) is 10.0 Å². The van der Waals surface area contributed by atoms with Crippen LogP contribution in [0.2, 0.25) is 0 Å². The molecule has 23 heavy (non-hydrogen) atoms. The van der Waals surface area contributed by atoms with E-state index in [1.165, 1.54) is 16.6 Å². The average molecular weight is 341 g/mol. The molecule has 0 unspecified atom stereocenters. The summed E-state index contributed by atoms with van der Waals surface area (Å²) in [7, 11) is -3.46. The second kappa shape index (κ2) is 6.84. The fourth-order valence-corrected chi connectivity index (χ4v) is 3.98. The lowest BCUT2D eigenvalue weighted by atomic mass is 9.98. The van der Waals surface area contributed by atoms with Gasteiger partial charge in [-0.05, 0) is 45.2 Å². The van der Waals surface area contributed by atoms with E-state index in [4.69, 9.17) is 5.11 Å². The number of pyridine rings is 1. The molecule has 0 saturated carbocycles. The number of carbonyl (C=O) groups is 1. The Labute approximate surface area is 136 Å². The minimum Gasteiger partial charge on any atom is -0.481 e. The van der Waals surface area contributed by atoms with Gasteiger partial charge in [-0.2, -0.15) is 4.31 Å². The molecule has 0 aromatic carbocycles. The van der Waals surface area contributed by atoms with Crippen molar-refractivity contribution in [3.05, 3.63) is 18.3 Å². The Hall–Kier alpha value is -1.67. The zero-order chi connectivity index (χ0) is 17.1. The van der Waals surface area contributed by atoms with E-state index >= 15 is 0 Å². The number of hydrogen-bond acceptors (Lipinski definition) is 5. The number of carboxylic acids is 1. The van der Waals surface area contributed by atoms with Gasteiger partial charge in [-0.15, -0.1) is 0 Å². The minimum absolute atomic E-state index is 0.0570. The predicted molar refractivity (Wildman–Crippen MR) is 86.8 cm³/mol. The molecule has 7 nitrogen and oxygen atoms in total. The molecule has 2 rings (SSSR count). The van der Waals surface area contributed by atoms with Gasteiger partial charge in [0, 0.05) is 31.2 Å². The summed E-state index contributed by atoms with van der Waals surface area (Å²) in [5.74, 6) is -0.319. The lowest BCUT2D eigenvalue weighted by Crippen LogP contribution is -2.32. The summed E-state index contributed by atoms with van der Waals surface area (Å²) < 4.78 is 26.3. The molecular weight excluding hydrogens is 318 g/mol. The van der Waals surface area contributed by atoms with Gasteiger partial charge in [0.25, 0.3) is 0 Å². The van der Waals surface area contributed by atoms with E-state index in [1.807, 2.05) is 13.8 Å². The zero-order valence-electron chi connectivity index (χ0n) is 13.4. The third-order valence-corrected chi connectivity index (χ3v) is 5.75. The number of sulfonamides is 1. The highest BCUT2D eigenvalue weighted by Gasteiger charge is 2.27. The van der Waals surface area contributed by atoms with E-state index in [0.717, 1.165) is 12.8 Å². The first-order valence-corrected chi connectivity index (χ1v) is 9.11. The molecule has 2 heterocycles. The Morgan fingerprint density at radius 2 is 2.00 bits per heavy atom. The fourth-order valence-electron chi connectivity index (χ4n) is 2.51. The summed E-state index contributed by atoms with van der Waals surface area (Å²) in [5, 5.41) is 11.9. The lowest BCUT2D eigenvalue weighted by Gasteiger charge is -2.26. The SMILES string of the molecule is CC(C)(CCC(=O)O)Nc1ccc(S(=O)(=O)N2CCCC2)cn1. The third kappa shape index (κ3) is 4.65. The third-order valence-electron chi connectivity index (χ3n) is 3.87. The van der Waals surface area contributed by atoms with Gasteiger partial charge in [-0.3, -0.25) is 4.79 Å². The second-order valence-electron chi connectivity index (χ2n) is 6.39. The van der Waals surface area contributed by atoms with Gasteiger partial charge in [0.15, 0.2) is 0 Å². The van der Waals surface area contributed by atoms with Gasteiger partial charge >= 0.3 is 5.97 Å². The Kier molecular flexibility index (Phi) is 5.26. The maximum atomic E-state index is 12.4. The number of aromatic nitrogens is 1. The molecule has 0 radical (unpaired) electrons. The number of rotatable bonds is 7. The average Bonchev–Trinajstić information content (AvgIpc) is 3.00. The van der Waals surface area contributed by atoms with Crippen LogP contribution in [0.15, 0.2) is 23.2 Å². The number of hydrogen-bond donors (Lipinski definition) is 2. The molecular formula is C15H23N3O4S. The Morgan fingerprint density at radius 1 is 1.35 bits per heavy atom. The maximum absolute atomic E-state index is 12.4. The van der Waals surface area contributed by atoms with E-state index in [0.29, 0.717) is 25.3 Å². The van der Waals surface area contributed by atoms with Crippen molar-refractivity contribution in [2.75, 3.05) is 18.4 Å². The normalized spacial score (nSPS) is 16.4. The van der Waals surface area contributed by atoms with Crippen LogP contribution in [-0.2, 0) is 14.8 Å². The van der Waals surface area contributed by atoms with Crippen molar-refractivity contribution in [1.82, 2.24) is 9.29 Å². The first-order valence-electron chi connectivity index (χ1n) is 7.67. The number of anilines is 1. The highest BCUT2D eigenvalue weighted by Crippen LogP contribution is 2.23. The number of aliphatic carboxylic acids is 1. The van der Waals surface area contributed by atoms with Crippen LogP contribution >= 0.6 is 0 Å². The molecule has 2 N–H and O–H groups in total. The molecule has 1 aromatic heterocycles. The molecule has 128 valence electrons. The van der Waals surface area contributed by atoms with E-state index in [-0.39, 0.29) is 11.3 Å². The molecule has 0 aliphatic carbocycles. The fraction of sp³-hybridized carbons (Fsp3) is 0.600. The summed E-state index contributed by atoms with van der Waals surface area (Å²) in [5.41, 5.74) is -0.444. The Morgan fingerprint density at radius 3 is 2.52 bits per heavy atom. The van der Waals surface area contributed by atoms with E-state index in [9.17, 15) is 13.2 Å². The van der Waals surface area contributed by atoms with E-state index < -0.39 is 21.5 Å². The molecule has 8 heteroatoms. The largest absolute Gasteiger partial charge is 0.481 e. The van der Waals surface area contributed by atoms with Crippen molar-refractivity contribution in [2.24, 2.45) is 0 Å². The minimum atomic E-state index is -3.46. The van der Waals surface area contributed by atoms with E-state index in [1.54, 1.807) is 6.07 Å². The zero-order valence-corrected chi connectivity index (χ0v) is 14.3. The highest BCUT2D eigenvalue weighted by molar-refractivity contribution is 7.89. The van der Waals surface area contributed by atoms with Gasteiger partial charge in [0.1, 0.15) is 10.7 Å². The van der Waals surface area contributed by atoms with Crippen LogP contribution in [0.1, 0.15) is 39.5 Å². The molecule has 0 amide bonds. The molecule has 1 aliphatic rings. The standard InChI is InChI=1S/C15H23N3O4S/c1-15(2,8-7-14(19)20)17-13-6-5-12(11-16-13)23(21,22)18-9-3-4-10-18/h5-6,11H,3-4,7-10H2,1-2H3,(H,16,17)(H,19,20). The van der Waals surface area contributed by atoms with Crippen molar-refractivity contribution in [3.63, 3.8) is 0 Å². The van der Waals surface area contributed by atoms with Crippen molar-refractivity contribution >= 4 is 21.8 Å². The lowest BCUT2D eigenvalue weighted by molar-refractivity contribution is -0.137. The van der Waals surface area contributed by atoms with Gasteiger partial charge in [0.05, 0.1) is 0 Å². The summed E-state index contributed by atoms with van der Waals surface area (Å²) in [6.45, 7) is 4.88. The number of carboxylic acid groups (broad SMARTS) is 1. The van der Waals surface area contributed by atoms with Crippen LogP contribution in [0.25, 0.3) is 0 Å². The topological polar surface area (TPSA) is 99.6 Å². The summed E-state index contributed by atoms with van der Waals surface area (Å²) >= 11 is 0. The van der Waals surface area contributed by atoms with Gasteiger partial charge in [-0.25, -0.2) is 13.4 Å². The summed E-state index contributed by atoms with van der Waals surface area (Å²) in [6.07, 6.45) is 3.64. The molecule has 1 fully saturated rings. The molecule has 1 aromatic rings. The van der Waals surface area contributed by atoms with Crippen molar-refractivity contribution in [3.8, 4) is 0 Å². The van der Waals surface area contributed by atoms with Crippen LogP contribution in [0.3, 0.4) is 0 Å². The number of nitrogens with zero attached hydrogens (tertiary/aromatic N) is 2. The van der Waals surface area contributed by atoms with Crippen LogP contribution in [0.5, 0.6) is 0 Å². The predicted octanol–water partition coefficient (Wildman–Crippen LogP) is 1.92. The van der Waals surface area contributed by atoms with Crippen LogP contribution in [0, 0.1) is 0 Å². The monoisotopic (exact) mass is 341 g/mol. The summed E-state index contributed by atoms with van der Waals surface area (Å²) in [6, 6.07) is 3.15. The van der Waals surface area contributed by atoms with Crippen LogP contribution < -0.4 is 5.32 Å². The molecule has 1 saturated heterocycles. The molecule has 0 bridgehead atoms. The van der Waals surface area contributed by atoms with Crippen molar-refractivity contribution in [1.29, 1.82) is 0 Å². The molecule has 1 aliphatic heterocycles. The van der Waals surface area contributed by atoms with Gasteiger partial charge in [-0.1, -0.05) is 0 Å².